The van der Waals surface area contributed by atoms with Crippen molar-refractivity contribution in [1.82, 2.24) is 5.16 Å². The largest absolute Gasteiger partial charge is 0.496 e. The van der Waals surface area contributed by atoms with Crippen molar-refractivity contribution in [2.75, 3.05) is 14.2 Å². The third kappa shape index (κ3) is 2.45. The number of rotatable bonds is 5. The summed E-state index contributed by atoms with van der Waals surface area (Å²) in [4.78, 5) is 10.8. The summed E-state index contributed by atoms with van der Waals surface area (Å²) in [6, 6.07) is 4.97. The van der Waals surface area contributed by atoms with E-state index in [1.54, 1.807) is 13.2 Å². The molecule has 0 amide bonds. The molecule has 2 aromatic rings. The number of aromatic nitrogens is 1. The van der Waals surface area contributed by atoms with Crippen molar-refractivity contribution in [2.24, 2.45) is 0 Å². The van der Waals surface area contributed by atoms with Crippen molar-refractivity contribution in [3.8, 4) is 22.8 Å². The van der Waals surface area contributed by atoms with E-state index in [1.165, 1.54) is 13.2 Å². The lowest BCUT2D eigenvalue weighted by Gasteiger charge is -2.12. The molecule has 2 rings (SSSR count). The quantitative estimate of drug-likeness (QED) is 0.904. The van der Waals surface area contributed by atoms with Crippen LogP contribution in [0.4, 0.5) is 0 Å². The van der Waals surface area contributed by atoms with Gasteiger partial charge in [0, 0.05) is 12.1 Å². The minimum atomic E-state index is -1.14. The maximum atomic E-state index is 10.8. The average Bonchev–Trinajstić information content (AvgIpc) is 2.95. The van der Waals surface area contributed by atoms with E-state index in [0.29, 0.717) is 22.8 Å². The van der Waals surface area contributed by atoms with Gasteiger partial charge in [-0.05, 0) is 18.1 Å². The van der Waals surface area contributed by atoms with Crippen LogP contribution in [0.2, 0.25) is 0 Å². The first-order chi connectivity index (χ1) is 9.60. The summed E-state index contributed by atoms with van der Waals surface area (Å²) < 4.78 is 15.7. The molecule has 0 bridgehead atoms. The van der Waals surface area contributed by atoms with Gasteiger partial charge in [0.05, 0.1) is 19.8 Å². The van der Waals surface area contributed by atoms with E-state index in [-0.39, 0.29) is 5.69 Å². The van der Waals surface area contributed by atoms with Gasteiger partial charge in [0.2, 0.25) is 0 Å². The molecule has 0 saturated heterocycles. The number of carboxylic acids is 1. The van der Waals surface area contributed by atoms with Crippen LogP contribution >= 0.6 is 0 Å². The van der Waals surface area contributed by atoms with Gasteiger partial charge in [-0.15, -0.1) is 0 Å². The Bertz CT molecular complexity index is 632. The van der Waals surface area contributed by atoms with Crippen molar-refractivity contribution < 1.29 is 23.9 Å². The summed E-state index contributed by atoms with van der Waals surface area (Å²) in [6.45, 7) is 2.00. The highest BCUT2D eigenvalue weighted by Crippen LogP contribution is 2.36. The van der Waals surface area contributed by atoms with Crippen LogP contribution in [0, 0.1) is 0 Å². The molecule has 0 atom stereocenters. The van der Waals surface area contributed by atoms with Gasteiger partial charge >= 0.3 is 5.97 Å². The van der Waals surface area contributed by atoms with Crippen molar-refractivity contribution >= 4 is 5.97 Å². The molecule has 1 aromatic carbocycles. The zero-order valence-electron chi connectivity index (χ0n) is 11.5. The molecule has 1 aromatic heterocycles. The summed E-state index contributed by atoms with van der Waals surface area (Å²) in [5, 5.41) is 12.4. The minimum absolute atomic E-state index is 0.143. The molecule has 0 aliphatic heterocycles. The Morgan fingerprint density at radius 2 is 1.95 bits per heavy atom. The number of hydrogen-bond donors (Lipinski definition) is 1. The molecule has 20 heavy (non-hydrogen) atoms. The Hall–Kier alpha value is -2.50. The first-order valence-corrected chi connectivity index (χ1v) is 6.06. The Labute approximate surface area is 115 Å². The number of methoxy groups -OCH3 is 2. The molecule has 6 heteroatoms. The lowest BCUT2D eigenvalue weighted by Crippen LogP contribution is -1.95. The molecular weight excluding hydrogens is 262 g/mol. The predicted octanol–water partition coefficient (Wildman–Crippen LogP) is 2.62. The molecule has 0 aliphatic rings. The molecule has 0 spiro atoms. The van der Waals surface area contributed by atoms with Crippen LogP contribution in [-0.4, -0.2) is 30.5 Å². The highest BCUT2D eigenvalue weighted by atomic mass is 16.5. The Morgan fingerprint density at radius 3 is 2.45 bits per heavy atom. The first kappa shape index (κ1) is 13.9. The summed E-state index contributed by atoms with van der Waals surface area (Å²) in [5.74, 6) is 0.456. The Balaban J connectivity index is 2.56. The van der Waals surface area contributed by atoms with E-state index >= 15 is 0 Å². The van der Waals surface area contributed by atoms with Crippen LogP contribution in [0.5, 0.6) is 11.5 Å². The standard InChI is InChI=1S/C14H15NO5/c1-4-8-5-9(12(19-3)7-11(8)18-2)13-6-10(14(16)17)15-20-13/h5-7H,4H2,1-3H3,(H,16,17). The second kappa shape index (κ2) is 5.64. The van der Waals surface area contributed by atoms with Gasteiger partial charge in [-0.1, -0.05) is 12.1 Å². The maximum Gasteiger partial charge on any atom is 0.358 e. The van der Waals surface area contributed by atoms with Gasteiger partial charge in [-0.3, -0.25) is 0 Å². The molecule has 0 aliphatic carbocycles. The maximum absolute atomic E-state index is 10.8. The number of benzene rings is 1. The van der Waals surface area contributed by atoms with Crippen LogP contribution in [0.1, 0.15) is 23.0 Å². The lowest BCUT2D eigenvalue weighted by atomic mass is 10.0. The highest BCUT2D eigenvalue weighted by molar-refractivity contribution is 5.87. The molecule has 106 valence electrons. The van der Waals surface area contributed by atoms with Crippen molar-refractivity contribution in [1.29, 1.82) is 0 Å². The predicted molar refractivity (Wildman–Crippen MR) is 71.4 cm³/mol. The van der Waals surface area contributed by atoms with Gasteiger partial charge in [-0.25, -0.2) is 4.79 Å². The fourth-order valence-electron chi connectivity index (χ4n) is 1.94. The first-order valence-electron chi connectivity index (χ1n) is 6.06. The van der Waals surface area contributed by atoms with E-state index in [2.05, 4.69) is 5.16 Å². The SMILES string of the molecule is CCc1cc(-c2cc(C(=O)O)no2)c(OC)cc1OC. The zero-order valence-corrected chi connectivity index (χ0v) is 11.5. The fourth-order valence-corrected chi connectivity index (χ4v) is 1.94. The second-order valence-electron chi connectivity index (χ2n) is 4.10. The number of carboxylic acid groups (broad SMARTS) is 1. The summed E-state index contributed by atoms with van der Waals surface area (Å²) in [7, 11) is 3.11. The summed E-state index contributed by atoms with van der Waals surface area (Å²) in [5.41, 5.74) is 1.47. The molecule has 6 nitrogen and oxygen atoms in total. The summed E-state index contributed by atoms with van der Waals surface area (Å²) >= 11 is 0. The molecule has 1 N–H and O–H groups in total. The molecular formula is C14H15NO5. The highest BCUT2D eigenvalue weighted by Gasteiger charge is 2.18. The second-order valence-corrected chi connectivity index (χ2v) is 4.10. The Kier molecular flexibility index (Phi) is 3.93. The van der Waals surface area contributed by atoms with Crippen molar-refractivity contribution in [2.45, 2.75) is 13.3 Å². The average molecular weight is 277 g/mol. The van der Waals surface area contributed by atoms with Crippen molar-refractivity contribution in [3.05, 3.63) is 29.5 Å². The molecule has 0 saturated carbocycles. The number of carbonyl (C=O) groups is 1. The molecule has 0 radical (unpaired) electrons. The third-order valence-electron chi connectivity index (χ3n) is 2.98. The van der Waals surface area contributed by atoms with Gasteiger partial charge in [0.15, 0.2) is 11.5 Å². The van der Waals surface area contributed by atoms with Gasteiger partial charge < -0.3 is 19.1 Å². The van der Waals surface area contributed by atoms with E-state index in [1.807, 2.05) is 13.0 Å². The van der Waals surface area contributed by atoms with Crippen LogP contribution in [0.3, 0.4) is 0 Å². The van der Waals surface area contributed by atoms with Crippen LogP contribution in [0.15, 0.2) is 22.7 Å². The van der Waals surface area contributed by atoms with Crippen LogP contribution < -0.4 is 9.47 Å². The van der Waals surface area contributed by atoms with E-state index in [4.69, 9.17) is 19.1 Å². The van der Waals surface area contributed by atoms with Gasteiger partial charge in [0.1, 0.15) is 11.5 Å². The minimum Gasteiger partial charge on any atom is -0.496 e. The molecule has 0 fully saturated rings. The lowest BCUT2D eigenvalue weighted by molar-refractivity contribution is 0.0686. The third-order valence-corrected chi connectivity index (χ3v) is 2.98. The fraction of sp³-hybridized carbons (Fsp3) is 0.286. The van der Waals surface area contributed by atoms with E-state index < -0.39 is 5.97 Å². The molecule has 1 heterocycles. The number of aromatic carboxylic acids is 1. The normalized spacial score (nSPS) is 10.3. The van der Waals surface area contributed by atoms with Gasteiger partial charge in [-0.2, -0.15) is 0 Å². The van der Waals surface area contributed by atoms with Crippen LogP contribution in [0.25, 0.3) is 11.3 Å². The summed E-state index contributed by atoms with van der Waals surface area (Å²) in [6.07, 6.45) is 0.764. The van der Waals surface area contributed by atoms with E-state index in [9.17, 15) is 4.79 Å². The topological polar surface area (TPSA) is 81.8 Å². The smallest absolute Gasteiger partial charge is 0.358 e. The van der Waals surface area contributed by atoms with Gasteiger partial charge in [0.25, 0.3) is 0 Å². The number of aryl methyl sites for hydroxylation is 1. The molecule has 0 unspecified atom stereocenters. The van der Waals surface area contributed by atoms with Crippen LogP contribution in [-0.2, 0) is 6.42 Å². The monoisotopic (exact) mass is 277 g/mol. The number of hydrogen-bond acceptors (Lipinski definition) is 5. The van der Waals surface area contributed by atoms with Crippen molar-refractivity contribution in [3.63, 3.8) is 0 Å². The zero-order chi connectivity index (χ0) is 14.7. The van der Waals surface area contributed by atoms with E-state index in [0.717, 1.165) is 12.0 Å². The number of ether oxygens (including phenoxy) is 2. The Morgan fingerprint density at radius 1 is 1.25 bits per heavy atom. The number of nitrogens with zero attached hydrogens (tertiary/aromatic N) is 1.